The van der Waals surface area contributed by atoms with Crippen LogP contribution in [0.5, 0.6) is 17.2 Å². The molecule has 0 unspecified atom stereocenters. The molecule has 1 amide bonds. The lowest BCUT2D eigenvalue weighted by Crippen LogP contribution is -2.25. The maximum Gasteiger partial charge on any atom is 0.282 e. The molecule has 10 heteroatoms. The van der Waals surface area contributed by atoms with Gasteiger partial charge in [-0.25, -0.2) is 5.43 Å². The molecule has 0 saturated carbocycles. The van der Waals surface area contributed by atoms with Crippen molar-refractivity contribution >= 4 is 23.5 Å². The zero-order chi connectivity index (χ0) is 19.2. The van der Waals surface area contributed by atoms with Crippen LogP contribution < -0.4 is 25.0 Å². The highest BCUT2D eigenvalue weighted by Crippen LogP contribution is 2.37. The van der Waals surface area contributed by atoms with Crippen LogP contribution in [-0.2, 0) is 4.79 Å². The Bertz CT molecular complexity index is 899. The second kappa shape index (κ2) is 8.04. The summed E-state index contributed by atoms with van der Waals surface area (Å²) in [6.45, 7) is -0.0342. The number of amides is 1. The topological polar surface area (TPSA) is 124 Å². The van der Waals surface area contributed by atoms with E-state index in [0.717, 1.165) is 0 Å². The van der Waals surface area contributed by atoms with Gasteiger partial charge in [-0.15, -0.1) is 0 Å². The molecule has 1 heterocycles. The maximum absolute atomic E-state index is 11.9. The summed E-state index contributed by atoms with van der Waals surface area (Å²) in [6.07, 6.45) is 1.18. The van der Waals surface area contributed by atoms with Gasteiger partial charge in [0.2, 0.25) is 6.79 Å². The number of ether oxygens (including phenoxy) is 3. The van der Waals surface area contributed by atoms with Gasteiger partial charge in [0.25, 0.3) is 11.6 Å². The number of rotatable bonds is 7. The number of nitrogens with one attached hydrogen (secondary N) is 2. The van der Waals surface area contributed by atoms with Crippen LogP contribution in [0.1, 0.15) is 5.56 Å². The van der Waals surface area contributed by atoms with Crippen LogP contribution in [0.3, 0.4) is 0 Å². The van der Waals surface area contributed by atoms with Crippen LogP contribution in [0.2, 0.25) is 0 Å². The van der Waals surface area contributed by atoms with Gasteiger partial charge in [-0.3, -0.25) is 14.9 Å². The number of fused-ring (bicyclic) bond motifs is 1. The molecule has 0 fully saturated rings. The van der Waals surface area contributed by atoms with Gasteiger partial charge in [-0.1, -0.05) is 6.07 Å². The minimum absolute atomic E-state index is 0.000237. The van der Waals surface area contributed by atoms with Gasteiger partial charge in [0.1, 0.15) is 5.75 Å². The molecule has 3 rings (SSSR count). The largest absolute Gasteiger partial charge is 0.497 e. The van der Waals surface area contributed by atoms with Crippen molar-refractivity contribution in [2.75, 3.05) is 25.8 Å². The fourth-order valence-corrected chi connectivity index (χ4v) is 2.34. The van der Waals surface area contributed by atoms with E-state index < -0.39 is 10.8 Å². The molecule has 2 aromatic carbocycles. The van der Waals surface area contributed by atoms with Crippen LogP contribution in [0, 0.1) is 10.1 Å². The second-order valence-electron chi connectivity index (χ2n) is 5.40. The molecule has 1 aliphatic rings. The SMILES string of the molecule is COc1cccc(NCC(=O)N/N=C\c2cc3c(cc2[N+](=O)[O-])OCO3)c1. The van der Waals surface area contributed by atoms with Gasteiger partial charge in [-0.05, 0) is 18.2 Å². The molecule has 2 aromatic rings. The highest BCUT2D eigenvalue weighted by atomic mass is 16.7. The fraction of sp³-hybridized carbons (Fsp3) is 0.176. The van der Waals surface area contributed by atoms with Crippen molar-refractivity contribution in [1.82, 2.24) is 5.43 Å². The Balaban J connectivity index is 1.60. The number of carbonyl (C=O) groups is 1. The van der Waals surface area contributed by atoms with Gasteiger partial charge in [0.05, 0.1) is 36.4 Å². The van der Waals surface area contributed by atoms with Crippen LogP contribution in [0.25, 0.3) is 0 Å². The third-order valence-electron chi connectivity index (χ3n) is 3.63. The zero-order valence-corrected chi connectivity index (χ0v) is 14.3. The van der Waals surface area contributed by atoms with E-state index in [1.165, 1.54) is 18.3 Å². The van der Waals surface area contributed by atoms with Crippen molar-refractivity contribution in [1.29, 1.82) is 0 Å². The van der Waals surface area contributed by atoms with Crippen molar-refractivity contribution < 1.29 is 23.9 Å². The highest BCUT2D eigenvalue weighted by molar-refractivity contribution is 5.88. The number of hydrogen-bond acceptors (Lipinski definition) is 8. The summed E-state index contributed by atoms with van der Waals surface area (Å²) in [6, 6.07) is 9.80. The number of hydrazone groups is 1. The summed E-state index contributed by atoms with van der Waals surface area (Å²) in [5.74, 6) is 0.921. The van der Waals surface area contributed by atoms with Crippen LogP contribution >= 0.6 is 0 Å². The van der Waals surface area contributed by atoms with E-state index >= 15 is 0 Å². The van der Waals surface area contributed by atoms with Crippen molar-refractivity contribution in [2.24, 2.45) is 5.10 Å². The molecule has 0 bridgehead atoms. The molecule has 2 N–H and O–H groups in total. The predicted molar refractivity (Wildman–Crippen MR) is 96.4 cm³/mol. The zero-order valence-electron chi connectivity index (χ0n) is 14.3. The monoisotopic (exact) mass is 372 g/mol. The van der Waals surface area contributed by atoms with E-state index in [4.69, 9.17) is 14.2 Å². The number of methoxy groups -OCH3 is 1. The Morgan fingerprint density at radius 2 is 2.11 bits per heavy atom. The molecule has 0 spiro atoms. The Hall–Kier alpha value is -3.82. The summed E-state index contributed by atoms with van der Waals surface area (Å²) >= 11 is 0. The molecular formula is C17H16N4O6. The smallest absolute Gasteiger partial charge is 0.282 e. The summed E-state index contributed by atoms with van der Waals surface area (Å²) in [7, 11) is 1.55. The standard InChI is InChI=1S/C17H16N4O6/c1-25-13-4-2-3-12(6-13)18-9-17(22)20-19-8-11-5-15-16(27-10-26-15)7-14(11)21(23)24/h2-8,18H,9-10H2,1H3,(H,20,22)/b19-8-. The summed E-state index contributed by atoms with van der Waals surface area (Å²) in [5, 5.41) is 17.9. The van der Waals surface area contributed by atoms with Gasteiger partial charge in [-0.2, -0.15) is 5.10 Å². The maximum atomic E-state index is 11.9. The van der Waals surface area contributed by atoms with E-state index in [0.29, 0.717) is 22.9 Å². The molecule has 0 atom stereocenters. The molecule has 27 heavy (non-hydrogen) atoms. The number of carbonyl (C=O) groups excluding carboxylic acids is 1. The number of benzene rings is 2. The third kappa shape index (κ3) is 4.42. The average Bonchev–Trinajstić information content (AvgIpc) is 3.13. The predicted octanol–water partition coefficient (Wildman–Crippen LogP) is 1.89. The molecule has 1 aliphatic heterocycles. The Morgan fingerprint density at radius 1 is 1.33 bits per heavy atom. The Kier molecular flexibility index (Phi) is 5.36. The summed E-state index contributed by atoms with van der Waals surface area (Å²) in [4.78, 5) is 22.5. The Morgan fingerprint density at radius 3 is 2.85 bits per heavy atom. The normalized spacial score (nSPS) is 12.0. The van der Waals surface area contributed by atoms with E-state index in [9.17, 15) is 14.9 Å². The molecule has 0 saturated heterocycles. The van der Waals surface area contributed by atoms with Crippen LogP contribution in [-0.4, -0.2) is 37.5 Å². The first kappa shape index (κ1) is 18.0. The first-order chi connectivity index (χ1) is 13.1. The molecule has 10 nitrogen and oxygen atoms in total. The Labute approximate surface area is 153 Å². The molecule has 0 aromatic heterocycles. The number of nitro benzene ring substituents is 1. The quantitative estimate of drug-likeness (QED) is 0.432. The van der Waals surface area contributed by atoms with Crippen molar-refractivity contribution in [2.45, 2.75) is 0 Å². The minimum atomic E-state index is -0.560. The summed E-state index contributed by atoms with van der Waals surface area (Å²) < 4.78 is 15.4. The second-order valence-corrected chi connectivity index (χ2v) is 5.40. The van der Waals surface area contributed by atoms with Crippen molar-refractivity contribution in [3.8, 4) is 17.2 Å². The minimum Gasteiger partial charge on any atom is -0.497 e. The van der Waals surface area contributed by atoms with Gasteiger partial charge in [0.15, 0.2) is 11.5 Å². The summed E-state index contributed by atoms with van der Waals surface area (Å²) in [5.41, 5.74) is 3.00. The van der Waals surface area contributed by atoms with Gasteiger partial charge < -0.3 is 19.5 Å². The van der Waals surface area contributed by atoms with E-state index in [2.05, 4.69) is 15.8 Å². The lowest BCUT2D eigenvalue weighted by molar-refractivity contribution is -0.385. The number of hydrogen-bond donors (Lipinski definition) is 2. The van der Waals surface area contributed by atoms with E-state index in [-0.39, 0.29) is 24.6 Å². The molecule has 140 valence electrons. The molecular weight excluding hydrogens is 356 g/mol. The number of nitro groups is 1. The van der Waals surface area contributed by atoms with Gasteiger partial charge in [0, 0.05) is 11.8 Å². The number of nitrogens with zero attached hydrogens (tertiary/aromatic N) is 2. The van der Waals surface area contributed by atoms with Crippen molar-refractivity contribution in [3.05, 3.63) is 52.1 Å². The van der Waals surface area contributed by atoms with Crippen LogP contribution in [0.15, 0.2) is 41.5 Å². The lowest BCUT2D eigenvalue weighted by Gasteiger charge is -2.07. The van der Waals surface area contributed by atoms with Crippen molar-refractivity contribution in [3.63, 3.8) is 0 Å². The third-order valence-corrected chi connectivity index (χ3v) is 3.63. The van der Waals surface area contributed by atoms with Gasteiger partial charge >= 0.3 is 0 Å². The van der Waals surface area contributed by atoms with Crippen LogP contribution in [0.4, 0.5) is 11.4 Å². The van der Waals surface area contributed by atoms with E-state index in [1.54, 1.807) is 31.4 Å². The highest BCUT2D eigenvalue weighted by Gasteiger charge is 2.22. The lowest BCUT2D eigenvalue weighted by atomic mass is 10.1. The number of anilines is 1. The van der Waals surface area contributed by atoms with E-state index in [1.807, 2.05) is 0 Å². The average molecular weight is 372 g/mol. The first-order valence-corrected chi connectivity index (χ1v) is 7.84. The molecule has 0 aliphatic carbocycles. The molecule has 0 radical (unpaired) electrons. The fourth-order valence-electron chi connectivity index (χ4n) is 2.34. The first-order valence-electron chi connectivity index (χ1n) is 7.84.